The first-order valence-corrected chi connectivity index (χ1v) is 7.25. The van der Waals surface area contributed by atoms with Gasteiger partial charge in [0.2, 0.25) is 0 Å². The standard InChI is InChI=1S/C16H20ClNO4/c1-16(2,3)22-15(21)13(18)9-11(14(19)20)8-10-6-4-5-7-12(10)17/h4-7,11,18H,8-9H2,1-3H3,(H,19,20). The van der Waals surface area contributed by atoms with Gasteiger partial charge >= 0.3 is 11.9 Å². The minimum absolute atomic E-state index is 0.153. The Morgan fingerprint density at radius 2 is 1.91 bits per heavy atom. The highest BCUT2D eigenvalue weighted by molar-refractivity contribution is 6.35. The molecule has 0 aliphatic carbocycles. The Morgan fingerprint density at radius 1 is 1.32 bits per heavy atom. The summed E-state index contributed by atoms with van der Waals surface area (Å²) in [5.74, 6) is -2.77. The second kappa shape index (κ2) is 7.40. The SMILES string of the molecule is CC(C)(C)OC(=O)C(=N)CC(Cc1ccccc1Cl)C(=O)O. The van der Waals surface area contributed by atoms with Gasteiger partial charge in [-0.25, -0.2) is 4.79 Å². The molecular formula is C16H20ClNO4. The van der Waals surface area contributed by atoms with Crippen molar-refractivity contribution >= 4 is 29.3 Å². The molecule has 6 heteroatoms. The number of hydrogen-bond donors (Lipinski definition) is 2. The number of aliphatic carboxylic acids is 1. The fraction of sp³-hybridized carbons (Fsp3) is 0.438. The summed E-state index contributed by atoms with van der Waals surface area (Å²) in [5, 5.41) is 17.5. The molecule has 1 aromatic carbocycles. The summed E-state index contributed by atoms with van der Waals surface area (Å²) >= 11 is 6.02. The maximum absolute atomic E-state index is 11.8. The third-order valence-corrected chi connectivity index (χ3v) is 3.24. The lowest BCUT2D eigenvalue weighted by molar-refractivity contribution is -0.146. The summed E-state index contributed by atoms with van der Waals surface area (Å²) in [6, 6.07) is 6.92. The number of carboxylic acid groups (broad SMARTS) is 1. The Balaban J connectivity index is 2.77. The molecule has 0 fully saturated rings. The van der Waals surface area contributed by atoms with Gasteiger partial charge in [0, 0.05) is 11.4 Å². The maximum Gasteiger partial charge on any atom is 0.352 e. The van der Waals surface area contributed by atoms with Crippen LogP contribution < -0.4 is 0 Å². The summed E-state index contributed by atoms with van der Waals surface area (Å²) in [7, 11) is 0. The first kappa shape index (κ1) is 18.2. The number of carboxylic acids is 1. The third-order valence-electron chi connectivity index (χ3n) is 2.87. The monoisotopic (exact) mass is 325 g/mol. The smallest absolute Gasteiger partial charge is 0.352 e. The summed E-state index contributed by atoms with van der Waals surface area (Å²) in [6.45, 7) is 5.07. The molecule has 0 bridgehead atoms. The van der Waals surface area contributed by atoms with Crippen LogP contribution in [0.5, 0.6) is 0 Å². The van der Waals surface area contributed by atoms with Crippen molar-refractivity contribution < 1.29 is 19.4 Å². The van der Waals surface area contributed by atoms with Gasteiger partial charge in [-0.3, -0.25) is 10.2 Å². The molecule has 1 unspecified atom stereocenters. The molecule has 0 aromatic heterocycles. The second-order valence-electron chi connectivity index (χ2n) is 6.02. The number of carbonyl (C=O) groups excluding carboxylic acids is 1. The predicted octanol–water partition coefficient (Wildman–Crippen LogP) is 3.33. The van der Waals surface area contributed by atoms with Gasteiger partial charge in [0.15, 0.2) is 0 Å². The minimum atomic E-state index is -1.08. The van der Waals surface area contributed by atoms with E-state index in [4.69, 9.17) is 21.7 Å². The van der Waals surface area contributed by atoms with E-state index < -0.39 is 23.5 Å². The van der Waals surface area contributed by atoms with Crippen LogP contribution in [0.15, 0.2) is 24.3 Å². The van der Waals surface area contributed by atoms with Crippen LogP contribution in [0.2, 0.25) is 5.02 Å². The van der Waals surface area contributed by atoms with Crippen LogP contribution in [-0.2, 0) is 20.7 Å². The van der Waals surface area contributed by atoms with E-state index in [9.17, 15) is 14.7 Å². The molecule has 1 atom stereocenters. The molecule has 120 valence electrons. The lowest BCUT2D eigenvalue weighted by Gasteiger charge is -2.20. The van der Waals surface area contributed by atoms with Gasteiger partial charge in [0.05, 0.1) is 5.92 Å². The van der Waals surface area contributed by atoms with Gasteiger partial charge < -0.3 is 9.84 Å². The number of nitrogens with one attached hydrogen (secondary N) is 1. The second-order valence-corrected chi connectivity index (χ2v) is 6.42. The van der Waals surface area contributed by atoms with Gasteiger partial charge in [-0.05, 0) is 38.8 Å². The highest BCUT2D eigenvalue weighted by Gasteiger charge is 2.26. The van der Waals surface area contributed by atoms with Gasteiger partial charge in [0.1, 0.15) is 11.3 Å². The Hall–Kier alpha value is -1.88. The van der Waals surface area contributed by atoms with Gasteiger partial charge in [-0.15, -0.1) is 0 Å². The topological polar surface area (TPSA) is 87.5 Å². The fourth-order valence-electron chi connectivity index (χ4n) is 1.85. The molecule has 2 N–H and O–H groups in total. The van der Waals surface area contributed by atoms with E-state index in [-0.39, 0.29) is 18.6 Å². The Bertz CT molecular complexity index is 578. The number of hydrogen-bond acceptors (Lipinski definition) is 4. The molecule has 5 nitrogen and oxygen atoms in total. The zero-order valence-electron chi connectivity index (χ0n) is 12.9. The predicted molar refractivity (Wildman–Crippen MR) is 84.5 cm³/mol. The molecule has 0 saturated heterocycles. The first-order chi connectivity index (χ1) is 10.1. The molecule has 1 aromatic rings. The average Bonchev–Trinajstić information content (AvgIpc) is 2.38. The summed E-state index contributed by atoms with van der Waals surface area (Å²) in [5.41, 5.74) is -0.395. The van der Waals surface area contributed by atoms with Crippen molar-refractivity contribution in [3.05, 3.63) is 34.9 Å². The van der Waals surface area contributed by atoms with E-state index in [1.165, 1.54) is 0 Å². The minimum Gasteiger partial charge on any atom is -0.481 e. The highest BCUT2D eigenvalue weighted by atomic mass is 35.5. The number of halogens is 1. The molecule has 22 heavy (non-hydrogen) atoms. The largest absolute Gasteiger partial charge is 0.481 e. The van der Waals surface area contributed by atoms with Crippen LogP contribution in [0.4, 0.5) is 0 Å². The quantitative estimate of drug-likeness (QED) is 0.620. The summed E-state index contributed by atoms with van der Waals surface area (Å²) in [6.07, 6.45) is -0.0460. The third kappa shape index (κ3) is 5.85. The van der Waals surface area contributed by atoms with E-state index in [1.54, 1.807) is 45.0 Å². The molecule has 0 radical (unpaired) electrons. The van der Waals surface area contributed by atoms with E-state index in [1.807, 2.05) is 0 Å². The molecular weight excluding hydrogens is 306 g/mol. The van der Waals surface area contributed by atoms with E-state index in [0.717, 1.165) is 0 Å². The highest BCUT2D eigenvalue weighted by Crippen LogP contribution is 2.21. The lowest BCUT2D eigenvalue weighted by Crippen LogP contribution is -2.31. The Morgan fingerprint density at radius 3 is 2.41 bits per heavy atom. The molecule has 0 heterocycles. The number of esters is 1. The van der Waals surface area contributed by atoms with E-state index in [2.05, 4.69) is 0 Å². The van der Waals surface area contributed by atoms with Crippen LogP contribution in [0.1, 0.15) is 32.8 Å². The van der Waals surface area contributed by atoms with Crippen LogP contribution in [0, 0.1) is 11.3 Å². The Labute approximate surface area is 134 Å². The fourth-order valence-corrected chi connectivity index (χ4v) is 2.06. The van der Waals surface area contributed by atoms with Crippen LogP contribution in [0.25, 0.3) is 0 Å². The Kier molecular flexibility index (Phi) is 6.11. The van der Waals surface area contributed by atoms with Crippen molar-refractivity contribution in [1.82, 2.24) is 0 Å². The first-order valence-electron chi connectivity index (χ1n) is 6.87. The molecule has 1 rings (SSSR count). The summed E-state index contributed by atoms with van der Waals surface area (Å²) < 4.78 is 5.07. The normalized spacial score (nSPS) is 12.5. The van der Waals surface area contributed by atoms with Gasteiger partial charge in [-0.2, -0.15) is 0 Å². The van der Waals surface area contributed by atoms with Gasteiger partial charge in [0.25, 0.3) is 0 Å². The maximum atomic E-state index is 11.8. The van der Waals surface area contributed by atoms with Crippen molar-refractivity contribution in [2.24, 2.45) is 5.92 Å². The van der Waals surface area contributed by atoms with E-state index >= 15 is 0 Å². The molecule has 0 aliphatic heterocycles. The van der Waals surface area contributed by atoms with Gasteiger partial charge in [-0.1, -0.05) is 29.8 Å². The van der Waals surface area contributed by atoms with Crippen molar-refractivity contribution in [1.29, 1.82) is 5.41 Å². The van der Waals surface area contributed by atoms with Crippen molar-refractivity contribution in [3.63, 3.8) is 0 Å². The molecule has 0 aliphatic rings. The number of ether oxygens (including phenoxy) is 1. The average molecular weight is 326 g/mol. The van der Waals surface area contributed by atoms with Crippen LogP contribution >= 0.6 is 11.6 Å². The van der Waals surface area contributed by atoms with Crippen molar-refractivity contribution in [2.75, 3.05) is 0 Å². The number of rotatable bonds is 6. The van der Waals surface area contributed by atoms with Crippen molar-refractivity contribution in [3.8, 4) is 0 Å². The lowest BCUT2D eigenvalue weighted by atomic mass is 9.94. The number of carbonyl (C=O) groups is 2. The molecule has 0 amide bonds. The van der Waals surface area contributed by atoms with Crippen molar-refractivity contribution in [2.45, 2.75) is 39.2 Å². The zero-order valence-corrected chi connectivity index (χ0v) is 13.6. The summed E-state index contributed by atoms with van der Waals surface area (Å²) in [4.78, 5) is 23.1. The zero-order chi connectivity index (χ0) is 16.9. The van der Waals surface area contributed by atoms with E-state index in [0.29, 0.717) is 10.6 Å². The van der Waals surface area contributed by atoms with Crippen LogP contribution in [-0.4, -0.2) is 28.4 Å². The molecule has 0 saturated carbocycles. The molecule has 0 spiro atoms. The number of benzene rings is 1. The van der Waals surface area contributed by atoms with Crippen LogP contribution in [0.3, 0.4) is 0 Å².